The van der Waals surface area contributed by atoms with Crippen LogP contribution in [0.1, 0.15) is 18.4 Å². The van der Waals surface area contributed by atoms with Gasteiger partial charge in [-0.05, 0) is 37.4 Å². The molecule has 0 aromatic heterocycles. The van der Waals surface area contributed by atoms with E-state index in [1.807, 2.05) is 0 Å². The Kier molecular flexibility index (Phi) is 5.13. The molecule has 1 aliphatic rings. The quantitative estimate of drug-likeness (QED) is 0.496. The summed E-state index contributed by atoms with van der Waals surface area (Å²) in [6.07, 6.45) is 2.15. The van der Waals surface area contributed by atoms with Crippen LogP contribution in [0.15, 0.2) is 18.2 Å². The van der Waals surface area contributed by atoms with Crippen molar-refractivity contribution in [3.63, 3.8) is 0 Å². The Labute approximate surface area is 117 Å². The van der Waals surface area contributed by atoms with Crippen LogP contribution in [-0.2, 0) is 11.3 Å². The number of nitro groups is 1. The molecule has 0 radical (unpaired) electrons. The maximum absolute atomic E-state index is 10.9. The van der Waals surface area contributed by atoms with Crippen LogP contribution in [0.5, 0.6) is 0 Å². The summed E-state index contributed by atoms with van der Waals surface area (Å²) in [4.78, 5) is 10.5. The van der Waals surface area contributed by atoms with Crippen LogP contribution < -0.4 is 5.32 Å². The first kappa shape index (κ1) is 14.2. The van der Waals surface area contributed by atoms with Gasteiger partial charge in [0, 0.05) is 36.4 Å². The average Bonchev–Trinajstić information content (AvgIpc) is 2.87. The zero-order valence-corrected chi connectivity index (χ0v) is 11.4. The smallest absolute Gasteiger partial charge is 0.273 e. The second-order valence-electron chi connectivity index (χ2n) is 4.73. The van der Waals surface area contributed by atoms with Crippen molar-refractivity contribution in [2.45, 2.75) is 19.4 Å². The number of halogens is 1. The minimum atomic E-state index is -0.377. The number of nitro benzene ring substituents is 1. The third-order valence-corrected chi connectivity index (χ3v) is 3.54. The topological polar surface area (TPSA) is 64.4 Å². The summed E-state index contributed by atoms with van der Waals surface area (Å²) < 4.78 is 5.30. The highest BCUT2D eigenvalue weighted by molar-refractivity contribution is 6.30. The molecule has 104 valence electrons. The SMILES string of the molecule is O=[N+]([O-])c1ccc(Cl)cc1CNCCC1CCOC1. The van der Waals surface area contributed by atoms with E-state index in [0.29, 0.717) is 23.0 Å². The van der Waals surface area contributed by atoms with Gasteiger partial charge in [-0.3, -0.25) is 10.1 Å². The molecule has 0 spiro atoms. The van der Waals surface area contributed by atoms with Crippen molar-refractivity contribution in [3.8, 4) is 0 Å². The second-order valence-corrected chi connectivity index (χ2v) is 5.16. The first-order valence-corrected chi connectivity index (χ1v) is 6.76. The van der Waals surface area contributed by atoms with Gasteiger partial charge in [0.15, 0.2) is 0 Å². The normalized spacial score (nSPS) is 18.7. The summed E-state index contributed by atoms with van der Waals surface area (Å²) in [5, 5.41) is 14.6. The van der Waals surface area contributed by atoms with E-state index in [1.165, 1.54) is 6.07 Å². The minimum Gasteiger partial charge on any atom is -0.381 e. The molecule has 0 saturated carbocycles. The van der Waals surface area contributed by atoms with E-state index >= 15 is 0 Å². The molecule has 6 heteroatoms. The van der Waals surface area contributed by atoms with Crippen LogP contribution in [0, 0.1) is 16.0 Å². The van der Waals surface area contributed by atoms with Crippen LogP contribution in [-0.4, -0.2) is 24.7 Å². The first-order valence-electron chi connectivity index (χ1n) is 6.38. The monoisotopic (exact) mass is 284 g/mol. The standard InChI is InChI=1S/C13H17ClN2O3/c14-12-1-2-13(16(17)18)11(7-12)8-15-5-3-10-4-6-19-9-10/h1-2,7,10,15H,3-6,8-9H2. The predicted molar refractivity (Wildman–Crippen MR) is 73.4 cm³/mol. The lowest BCUT2D eigenvalue weighted by molar-refractivity contribution is -0.385. The van der Waals surface area contributed by atoms with Gasteiger partial charge < -0.3 is 10.1 Å². The Bertz CT molecular complexity index is 448. The molecular weight excluding hydrogens is 268 g/mol. The molecule has 1 aromatic carbocycles. The van der Waals surface area contributed by atoms with Gasteiger partial charge in [0.2, 0.25) is 0 Å². The van der Waals surface area contributed by atoms with Gasteiger partial charge in [-0.25, -0.2) is 0 Å². The molecular formula is C13H17ClN2O3. The van der Waals surface area contributed by atoms with Crippen LogP contribution in [0.25, 0.3) is 0 Å². The Balaban J connectivity index is 1.84. The molecule has 19 heavy (non-hydrogen) atoms. The van der Waals surface area contributed by atoms with Crippen molar-refractivity contribution in [2.75, 3.05) is 19.8 Å². The lowest BCUT2D eigenvalue weighted by Gasteiger charge is -2.09. The van der Waals surface area contributed by atoms with Crippen molar-refractivity contribution in [1.29, 1.82) is 0 Å². The van der Waals surface area contributed by atoms with E-state index in [1.54, 1.807) is 12.1 Å². The van der Waals surface area contributed by atoms with Crippen molar-refractivity contribution in [3.05, 3.63) is 38.9 Å². The molecule has 1 saturated heterocycles. The lowest BCUT2D eigenvalue weighted by atomic mass is 10.1. The molecule has 2 rings (SSSR count). The molecule has 0 bridgehead atoms. The van der Waals surface area contributed by atoms with Crippen LogP contribution in [0.3, 0.4) is 0 Å². The Morgan fingerprint density at radius 2 is 2.37 bits per heavy atom. The van der Waals surface area contributed by atoms with E-state index in [2.05, 4.69) is 5.32 Å². The number of nitrogens with one attached hydrogen (secondary N) is 1. The van der Waals surface area contributed by atoms with Crippen LogP contribution in [0.4, 0.5) is 5.69 Å². The Hall–Kier alpha value is -1.17. The highest BCUT2D eigenvalue weighted by atomic mass is 35.5. The number of hydrogen-bond donors (Lipinski definition) is 1. The number of rotatable bonds is 6. The second kappa shape index (κ2) is 6.84. The third kappa shape index (κ3) is 4.16. The zero-order chi connectivity index (χ0) is 13.7. The zero-order valence-electron chi connectivity index (χ0n) is 10.6. The highest BCUT2D eigenvalue weighted by Gasteiger charge is 2.16. The van der Waals surface area contributed by atoms with E-state index in [4.69, 9.17) is 16.3 Å². The fourth-order valence-electron chi connectivity index (χ4n) is 2.21. The molecule has 1 atom stereocenters. The van der Waals surface area contributed by atoms with Gasteiger partial charge in [-0.1, -0.05) is 11.6 Å². The summed E-state index contributed by atoms with van der Waals surface area (Å²) in [5.74, 6) is 0.613. The van der Waals surface area contributed by atoms with Crippen molar-refractivity contribution >= 4 is 17.3 Å². The van der Waals surface area contributed by atoms with Gasteiger partial charge in [0.1, 0.15) is 0 Å². The average molecular weight is 285 g/mol. The van der Waals surface area contributed by atoms with E-state index in [-0.39, 0.29) is 10.6 Å². The lowest BCUT2D eigenvalue weighted by Crippen LogP contribution is -2.18. The fraction of sp³-hybridized carbons (Fsp3) is 0.538. The number of ether oxygens (including phenoxy) is 1. The number of nitrogens with zero attached hydrogens (tertiary/aromatic N) is 1. The number of hydrogen-bond acceptors (Lipinski definition) is 4. The minimum absolute atomic E-state index is 0.112. The Morgan fingerprint density at radius 3 is 3.05 bits per heavy atom. The van der Waals surface area contributed by atoms with Gasteiger partial charge in [0.25, 0.3) is 5.69 Å². The molecule has 1 heterocycles. The molecule has 0 amide bonds. The van der Waals surface area contributed by atoms with Crippen LogP contribution >= 0.6 is 11.6 Å². The maximum Gasteiger partial charge on any atom is 0.273 e. The fourth-order valence-corrected chi connectivity index (χ4v) is 2.41. The molecule has 1 aromatic rings. The summed E-state index contributed by atoms with van der Waals surface area (Å²) >= 11 is 5.87. The van der Waals surface area contributed by atoms with Crippen LogP contribution in [0.2, 0.25) is 5.02 Å². The molecule has 1 unspecified atom stereocenters. The van der Waals surface area contributed by atoms with E-state index < -0.39 is 0 Å². The van der Waals surface area contributed by atoms with Gasteiger partial charge in [0.05, 0.1) is 4.92 Å². The van der Waals surface area contributed by atoms with E-state index in [0.717, 1.165) is 32.6 Å². The van der Waals surface area contributed by atoms with Gasteiger partial charge >= 0.3 is 0 Å². The molecule has 1 aliphatic heterocycles. The summed E-state index contributed by atoms with van der Waals surface area (Å²) in [5.41, 5.74) is 0.737. The van der Waals surface area contributed by atoms with E-state index in [9.17, 15) is 10.1 Å². The van der Waals surface area contributed by atoms with Gasteiger partial charge in [-0.2, -0.15) is 0 Å². The summed E-state index contributed by atoms with van der Waals surface area (Å²) in [7, 11) is 0. The molecule has 1 fully saturated rings. The number of benzene rings is 1. The molecule has 0 aliphatic carbocycles. The third-order valence-electron chi connectivity index (χ3n) is 3.31. The Morgan fingerprint density at radius 1 is 1.53 bits per heavy atom. The molecule has 5 nitrogen and oxygen atoms in total. The largest absolute Gasteiger partial charge is 0.381 e. The maximum atomic E-state index is 10.9. The van der Waals surface area contributed by atoms with Crippen molar-refractivity contribution in [1.82, 2.24) is 5.32 Å². The summed E-state index contributed by atoms with van der Waals surface area (Å²) in [6.45, 7) is 2.98. The van der Waals surface area contributed by atoms with Crippen molar-refractivity contribution in [2.24, 2.45) is 5.92 Å². The predicted octanol–water partition coefficient (Wildman–Crippen LogP) is 2.76. The highest BCUT2D eigenvalue weighted by Crippen LogP contribution is 2.22. The summed E-state index contributed by atoms with van der Waals surface area (Å²) in [6, 6.07) is 4.63. The van der Waals surface area contributed by atoms with Gasteiger partial charge in [-0.15, -0.1) is 0 Å². The van der Waals surface area contributed by atoms with Crippen molar-refractivity contribution < 1.29 is 9.66 Å². The first-order chi connectivity index (χ1) is 9.16. The molecule has 1 N–H and O–H groups in total.